The molecular formula is C12H18N6O2S. The number of fused-ring (bicyclic) bond motifs is 1. The molecule has 0 spiro atoms. The summed E-state index contributed by atoms with van der Waals surface area (Å²) in [6.45, 7) is 1.95. The molecular weight excluding hydrogens is 292 g/mol. The van der Waals surface area contributed by atoms with E-state index in [0.717, 1.165) is 5.75 Å². The zero-order valence-corrected chi connectivity index (χ0v) is 12.4. The average Bonchev–Trinajstić information content (AvgIpc) is 3.03. The van der Waals surface area contributed by atoms with E-state index in [1.54, 1.807) is 18.1 Å². The first-order valence-corrected chi connectivity index (χ1v) is 7.78. The molecule has 0 amide bonds. The summed E-state index contributed by atoms with van der Waals surface area (Å²) in [6.07, 6.45) is 2.31. The minimum atomic E-state index is -0.393. The van der Waals surface area contributed by atoms with E-state index in [4.69, 9.17) is 16.2 Å². The van der Waals surface area contributed by atoms with Gasteiger partial charge in [-0.05, 0) is 5.75 Å². The normalized spacial score (nSPS) is 29.3. The number of imidazole rings is 1. The Morgan fingerprint density at radius 2 is 2.24 bits per heavy atom. The number of aromatic nitrogens is 4. The lowest BCUT2D eigenvalue weighted by Gasteiger charge is -2.21. The maximum Gasteiger partial charge on any atom is 0.167 e. The Hall–Kier alpha value is -1.42. The zero-order valence-electron chi connectivity index (χ0n) is 11.6. The molecule has 5 N–H and O–H groups in total. The summed E-state index contributed by atoms with van der Waals surface area (Å²) >= 11 is 1.70. The molecule has 9 heteroatoms. The molecule has 21 heavy (non-hydrogen) atoms. The third kappa shape index (κ3) is 2.35. The summed E-state index contributed by atoms with van der Waals surface area (Å²) in [5.41, 5.74) is 13.2. The van der Waals surface area contributed by atoms with Gasteiger partial charge >= 0.3 is 0 Å². The van der Waals surface area contributed by atoms with Gasteiger partial charge in [0.1, 0.15) is 11.8 Å². The molecule has 0 unspecified atom stereocenters. The van der Waals surface area contributed by atoms with Crippen molar-refractivity contribution in [3.8, 4) is 0 Å². The Morgan fingerprint density at radius 3 is 2.95 bits per heavy atom. The van der Waals surface area contributed by atoms with Crippen LogP contribution in [0, 0.1) is 0 Å². The maximum atomic E-state index is 9.41. The van der Waals surface area contributed by atoms with Crippen LogP contribution in [0.1, 0.15) is 13.2 Å². The number of ether oxygens (including phenoxy) is 1. The molecule has 0 saturated carbocycles. The fourth-order valence-electron chi connectivity index (χ4n) is 2.58. The highest BCUT2D eigenvalue weighted by Crippen LogP contribution is 2.37. The molecule has 114 valence electrons. The van der Waals surface area contributed by atoms with Crippen molar-refractivity contribution in [1.29, 1.82) is 0 Å². The van der Waals surface area contributed by atoms with Crippen LogP contribution in [0.2, 0.25) is 0 Å². The van der Waals surface area contributed by atoms with Gasteiger partial charge in [0, 0.05) is 6.04 Å². The molecule has 1 fully saturated rings. The quantitative estimate of drug-likeness (QED) is 0.706. The number of nitrogen functional groups attached to an aromatic ring is 1. The SMILES string of the molecule is CCS[C@@H]1[C@H](N)[C@@H](CO)O[C@H]1n1cnc2c(N)ncnc21. The van der Waals surface area contributed by atoms with Gasteiger partial charge in [0.2, 0.25) is 0 Å². The number of nitrogens with zero attached hydrogens (tertiary/aromatic N) is 4. The van der Waals surface area contributed by atoms with E-state index < -0.39 is 6.10 Å². The Labute approximate surface area is 125 Å². The van der Waals surface area contributed by atoms with E-state index in [1.807, 2.05) is 4.57 Å². The van der Waals surface area contributed by atoms with E-state index in [1.165, 1.54) is 6.33 Å². The highest BCUT2D eigenvalue weighted by molar-refractivity contribution is 7.99. The van der Waals surface area contributed by atoms with Gasteiger partial charge in [-0.25, -0.2) is 15.0 Å². The first-order valence-electron chi connectivity index (χ1n) is 6.73. The summed E-state index contributed by atoms with van der Waals surface area (Å²) in [7, 11) is 0. The van der Waals surface area contributed by atoms with Crippen LogP contribution in [0.4, 0.5) is 5.82 Å². The Balaban J connectivity index is 2.02. The molecule has 0 radical (unpaired) electrons. The second-order valence-corrected chi connectivity index (χ2v) is 6.28. The van der Waals surface area contributed by atoms with Crippen LogP contribution >= 0.6 is 11.8 Å². The molecule has 3 heterocycles. The van der Waals surface area contributed by atoms with Crippen molar-refractivity contribution >= 4 is 28.7 Å². The molecule has 0 aliphatic carbocycles. The van der Waals surface area contributed by atoms with Crippen LogP contribution in [-0.4, -0.2) is 54.4 Å². The summed E-state index contributed by atoms with van der Waals surface area (Å²) < 4.78 is 7.72. The topological polar surface area (TPSA) is 125 Å². The lowest BCUT2D eigenvalue weighted by Crippen LogP contribution is -2.39. The minimum Gasteiger partial charge on any atom is -0.394 e. The van der Waals surface area contributed by atoms with Crippen LogP contribution < -0.4 is 11.5 Å². The van der Waals surface area contributed by atoms with Crippen molar-refractivity contribution in [2.75, 3.05) is 18.1 Å². The van der Waals surface area contributed by atoms with E-state index in [2.05, 4.69) is 21.9 Å². The third-order valence-electron chi connectivity index (χ3n) is 3.60. The third-order valence-corrected chi connectivity index (χ3v) is 4.87. The standard InChI is InChI=1S/C12H18N6O2S/c1-2-21-9-7(13)6(3-19)20-12(9)18-5-17-8-10(14)15-4-16-11(8)18/h4-7,9,12,19H,2-3,13H2,1H3,(H2,14,15,16)/t6-,7-,9-,12-/m1/s1. The average molecular weight is 310 g/mol. The van der Waals surface area contributed by atoms with Gasteiger partial charge in [0.05, 0.1) is 24.3 Å². The van der Waals surface area contributed by atoms with Gasteiger partial charge in [-0.15, -0.1) is 0 Å². The van der Waals surface area contributed by atoms with Gasteiger partial charge in [0.15, 0.2) is 17.7 Å². The summed E-state index contributed by atoms with van der Waals surface area (Å²) in [5.74, 6) is 1.24. The highest BCUT2D eigenvalue weighted by Gasteiger charge is 2.43. The van der Waals surface area contributed by atoms with Crippen LogP contribution in [-0.2, 0) is 4.74 Å². The number of rotatable bonds is 4. The second-order valence-electron chi connectivity index (χ2n) is 4.83. The molecule has 3 rings (SSSR count). The molecule has 2 aromatic rings. The van der Waals surface area contributed by atoms with Crippen molar-refractivity contribution in [2.45, 2.75) is 30.5 Å². The number of hydrogen-bond donors (Lipinski definition) is 3. The predicted molar refractivity (Wildman–Crippen MR) is 80.6 cm³/mol. The highest BCUT2D eigenvalue weighted by atomic mass is 32.2. The summed E-state index contributed by atoms with van der Waals surface area (Å²) in [6, 6.07) is -0.249. The van der Waals surface area contributed by atoms with Crippen LogP contribution in [0.5, 0.6) is 0 Å². The lowest BCUT2D eigenvalue weighted by molar-refractivity contribution is -0.0223. The van der Waals surface area contributed by atoms with Crippen molar-refractivity contribution < 1.29 is 9.84 Å². The maximum absolute atomic E-state index is 9.41. The molecule has 1 aliphatic rings. The molecule has 4 atom stereocenters. The van der Waals surface area contributed by atoms with Crippen LogP contribution in [0.25, 0.3) is 11.2 Å². The molecule has 0 bridgehead atoms. The number of nitrogens with two attached hydrogens (primary N) is 2. The van der Waals surface area contributed by atoms with Gasteiger partial charge < -0.3 is 21.3 Å². The Bertz CT molecular complexity index is 635. The predicted octanol–water partition coefficient (Wildman–Crippen LogP) is -0.253. The second kappa shape index (κ2) is 5.76. The molecule has 8 nitrogen and oxygen atoms in total. The first kappa shape index (κ1) is 14.5. The van der Waals surface area contributed by atoms with Gasteiger partial charge in [-0.2, -0.15) is 11.8 Å². The van der Waals surface area contributed by atoms with Crippen LogP contribution in [0.15, 0.2) is 12.7 Å². The van der Waals surface area contributed by atoms with Gasteiger partial charge in [0.25, 0.3) is 0 Å². The van der Waals surface area contributed by atoms with E-state index in [-0.39, 0.29) is 24.1 Å². The fraction of sp³-hybridized carbons (Fsp3) is 0.583. The largest absolute Gasteiger partial charge is 0.394 e. The summed E-state index contributed by atoms with van der Waals surface area (Å²) in [5, 5.41) is 9.42. The van der Waals surface area contributed by atoms with Crippen molar-refractivity contribution in [2.24, 2.45) is 5.73 Å². The minimum absolute atomic E-state index is 0.0146. The Morgan fingerprint density at radius 1 is 1.43 bits per heavy atom. The van der Waals surface area contributed by atoms with E-state index in [9.17, 15) is 5.11 Å². The molecule has 1 saturated heterocycles. The molecule has 0 aromatic carbocycles. The molecule has 2 aromatic heterocycles. The van der Waals surface area contributed by atoms with Crippen molar-refractivity contribution in [3.05, 3.63) is 12.7 Å². The van der Waals surface area contributed by atoms with E-state index >= 15 is 0 Å². The lowest BCUT2D eigenvalue weighted by atomic mass is 10.1. The van der Waals surface area contributed by atoms with Crippen molar-refractivity contribution in [1.82, 2.24) is 19.5 Å². The number of aliphatic hydroxyl groups is 1. The number of anilines is 1. The number of thioether (sulfide) groups is 1. The van der Waals surface area contributed by atoms with Gasteiger partial charge in [-0.3, -0.25) is 4.57 Å². The van der Waals surface area contributed by atoms with Gasteiger partial charge in [-0.1, -0.05) is 6.92 Å². The summed E-state index contributed by atoms with van der Waals surface area (Å²) in [4.78, 5) is 12.4. The van der Waals surface area contributed by atoms with Crippen molar-refractivity contribution in [3.63, 3.8) is 0 Å². The number of hydrogen-bond acceptors (Lipinski definition) is 8. The Kier molecular flexibility index (Phi) is 3.98. The fourth-order valence-corrected chi connectivity index (χ4v) is 3.72. The monoisotopic (exact) mass is 310 g/mol. The van der Waals surface area contributed by atoms with Crippen LogP contribution in [0.3, 0.4) is 0 Å². The smallest absolute Gasteiger partial charge is 0.167 e. The van der Waals surface area contributed by atoms with E-state index in [0.29, 0.717) is 17.0 Å². The first-order chi connectivity index (χ1) is 10.2. The zero-order chi connectivity index (χ0) is 15.0. The number of aliphatic hydroxyl groups excluding tert-OH is 1. The molecule has 1 aliphatic heterocycles.